The number of carbonyl (C=O) groups is 1. The molecule has 5 nitrogen and oxygen atoms in total. The van der Waals surface area contributed by atoms with E-state index in [-0.39, 0.29) is 16.5 Å². The Hall–Kier alpha value is -3.16. The second kappa shape index (κ2) is 7.46. The third kappa shape index (κ3) is 3.62. The van der Waals surface area contributed by atoms with Crippen LogP contribution in [0.15, 0.2) is 89.1 Å². The van der Waals surface area contributed by atoms with Crippen LogP contribution in [0.2, 0.25) is 0 Å². The fourth-order valence-corrected chi connectivity index (χ4v) is 4.78. The number of rotatable bonds is 5. The lowest BCUT2D eigenvalue weighted by Gasteiger charge is -2.11. The van der Waals surface area contributed by atoms with E-state index in [1.165, 1.54) is 23.5 Å². The van der Waals surface area contributed by atoms with E-state index in [0.717, 1.165) is 10.8 Å². The third-order valence-corrected chi connectivity index (χ3v) is 6.50. The van der Waals surface area contributed by atoms with E-state index in [9.17, 15) is 13.2 Å². The molecule has 7 heteroatoms. The second-order valence-electron chi connectivity index (χ2n) is 6.06. The van der Waals surface area contributed by atoms with E-state index in [2.05, 4.69) is 10.0 Å². The van der Waals surface area contributed by atoms with Crippen molar-refractivity contribution in [2.75, 3.05) is 10.0 Å². The molecule has 0 spiro atoms. The third-order valence-electron chi connectivity index (χ3n) is 4.21. The lowest BCUT2D eigenvalue weighted by atomic mass is 10.1. The summed E-state index contributed by atoms with van der Waals surface area (Å²) in [6.45, 7) is 0. The van der Waals surface area contributed by atoms with Gasteiger partial charge in [0.15, 0.2) is 0 Å². The van der Waals surface area contributed by atoms with Crippen molar-refractivity contribution in [2.45, 2.75) is 4.90 Å². The Labute approximate surface area is 166 Å². The number of hydrogen-bond donors (Lipinski definition) is 2. The van der Waals surface area contributed by atoms with Gasteiger partial charge < -0.3 is 5.32 Å². The van der Waals surface area contributed by atoms with Crippen LogP contribution in [0.1, 0.15) is 9.67 Å². The lowest BCUT2D eigenvalue weighted by molar-refractivity contribution is 0.103. The van der Waals surface area contributed by atoms with Crippen molar-refractivity contribution >= 4 is 49.4 Å². The minimum absolute atomic E-state index is 0.140. The van der Waals surface area contributed by atoms with Crippen LogP contribution in [-0.4, -0.2) is 14.3 Å². The summed E-state index contributed by atoms with van der Waals surface area (Å²) in [5, 5.41) is 6.50. The van der Waals surface area contributed by atoms with Gasteiger partial charge in [-0.25, -0.2) is 8.42 Å². The van der Waals surface area contributed by atoms with Gasteiger partial charge in [0.2, 0.25) is 0 Å². The number of nitrogens with one attached hydrogen (secondary N) is 2. The molecule has 0 radical (unpaired) electrons. The molecule has 0 saturated carbocycles. The molecule has 2 N–H and O–H groups in total. The Balaban J connectivity index is 1.61. The number of thiophene rings is 1. The summed E-state index contributed by atoms with van der Waals surface area (Å²) >= 11 is 1.18. The molecule has 0 saturated heterocycles. The first kappa shape index (κ1) is 18.2. The van der Waals surface area contributed by atoms with E-state index >= 15 is 0 Å². The van der Waals surface area contributed by atoms with Crippen LogP contribution < -0.4 is 10.0 Å². The van der Waals surface area contributed by atoms with Crippen molar-refractivity contribution in [2.24, 2.45) is 0 Å². The molecule has 4 rings (SSSR count). The number of amides is 1. The average molecular weight is 409 g/mol. The first-order valence-electron chi connectivity index (χ1n) is 8.49. The number of benzene rings is 3. The highest BCUT2D eigenvalue weighted by molar-refractivity contribution is 7.92. The molecule has 28 heavy (non-hydrogen) atoms. The molecule has 140 valence electrons. The Morgan fingerprint density at radius 2 is 1.50 bits per heavy atom. The minimum atomic E-state index is -3.77. The van der Waals surface area contributed by atoms with E-state index < -0.39 is 10.0 Å². The zero-order chi connectivity index (χ0) is 19.6. The van der Waals surface area contributed by atoms with Crippen molar-refractivity contribution in [3.05, 3.63) is 89.1 Å². The van der Waals surface area contributed by atoms with Gasteiger partial charge in [-0.2, -0.15) is 0 Å². The number of fused-ring (bicyclic) bond motifs is 1. The summed E-state index contributed by atoms with van der Waals surface area (Å²) in [6, 6.07) is 23.0. The predicted octanol–water partition coefficient (Wildman–Crippen LogP) is 4.95. The summed E-state index contributed by atoms with van der Waals surface area (Å²) in [7, 11) is -3.77. The maximum atomic E-state index is 12.8. The summed E-state index contributed by atoms with van der Waals surface area (Å²) in [5.41, 5.74) is 0.931. The van der Waals surface area contributed by atoms with Crippen molar-refractivity contribution in [3.8, 4) is 0 Å². The van der Waals surface area contributed by atoms with Crippen LogP contribution in [0, 0.1) is 0 Å². The summed E-state index contributed by atoms with van der Waals surface area (Å²) in [5.74, 6) is -0.364. The van der Waals surface area contributed by atoms with Crippen LogP contribution in [-0.2, 0) is 10.0 Å². The average Bonchev–Trinajstić information content (AvgIpc) is 3.16. The molecule has 1 amide bonds. The molecular weight excluding hydrogens is 392 g/mol. The van der Waals surface area contributed by atoms with Crippen LogP contribution in [0.25, 0.3) is 10.8 Å². The normalized spacial score (nSPS) is 11.3. The standard InChI is InChI=1S/C21H16N2O3S2/c24-21(22-18-12-6-8-15-7-4-5-11-17(15)18)20-19(13-14-27-20)23-28(25,26)16-9-2-1-3-10-16/h1-14,23H,(H,22,24). The van der Waals surface area contributed by atoms with Gasteiger partial charge in [0.1, 0.15) is 4.88 Å². The molecule has 0 fully saturated rings. The Kier molecular flexibility index (Phi) is 4.85. The Morgan fingerprint density at radius 3 is 2.32 bits per heavy atom. The maximum Gasteiger partial charge on any atom is 0.267 e. The Bertz CT molecular complexity index is 1240. The van der Waals surface area contributed by atoms with Gasteiger partial charge in [0, 0.05) is 11.1 Å². The highest BCUT2D eigenvalue weighted by Gasteiger charge is 2.20. The van der Waals surface area contributed by atoms with Gasteiger partial charge in [-0.1, -0.05) is 54.6 Å². The number of hydrogen-bond acceptors (Lipinski definition) is 4. The van der Waals surface area contributed by atoms with E-state index in [4.69, 9.17) is 0 Å². The van der Waals surface area contributed by atoms with E-state index in [1.54, 1.807) is 29.6 Å². The quantitative estimate of drug-likeness (QED) is 0.490. The van der Waals surface area contributed by atoms with E-state index in [1.807, 2.05) is 42.5 Å². The topological polar surface area (TPSA) is 75.3 Å². The first-order valence-corrected chi connectivity index (χ1v) is 10.9. The van der Waals surface area contributed by atoms with Crippen LogP contribution in [0.5, 0.6) is 0 Å². The van der Waals surface area contributed by atoms with Gasteiger partial charge in [-0.3, -0.25) is 9.52 Å². The molecule has 3 aromatic carbocycles. The molecule has 0 aliphatic carbocycles. The van der Waals surface area contributed by atoms with Crippen molar-refractivity contribution in [1.82, 2.24) is 0 Å². The van der Waals surface area contributed by atoms with Gasteiger partial charge >= 0.3 is 0 Å². The first-order chi connectivity index (χ1) is 13.5. The molecule has 0 bridgehead atoms. The number of sulfonamides is 1. The fourth-order valence-electron chi connectivity index (χ4n) is 2.88. The molecule has 0 aliphatic heterocycles. The predicted molar refractivity (Wildman–Crippen MR) is 113 cm³/mol. The lowest BCUT2D eigenvalue weighted by Crippen LogP contribution is -2.17. The largest absolute Gasteiger partial charge is 0.321 e. The molecule has 0 unspecified atom stereocenters. The smallest absolute Gasteiger partial charge is 0.267 e. The summed E-state index contributed by atoms with van der Waals surface area (Å²) in [6.07, 6.45) is 0. The highest BCUT2D eigenvalue weighted by Crippen LogP contribution is 2.28. The molecule has 1 aromatic heterocycles. The van der Waals surface area contributed by atoms with Crippen LogP contribution in [0.3, 0.4) is 0 Å². The zero-order valence-corrected chi connectivity index (χ0v) is 16.3. The SMILES string of the molecule is O=C(Nc1cccc2ccccc12)c1sccc1NS(=O)(=O)c1ccccc1. The Morgan fingerprint density at radius 1 is 0.786 bits per heavy atom. The molecule has 0 aliphatic rings. The molecule has 4 aromatic rings. The number of anilines is 2. The van der Waals surface area contributed by atoms with Crippen molar-refractivity contribution in [3.63, 3.8) is 0 Å². The summed E-state index contributed by atoms with van der Waals surface area (Å²) < 4.78 is 27.6. The van der Waals surface area contributed by atoms with Gasteiger partial charge in [-0.15, -0.1) is 11.3 Å². The van der Waals surface area contributed by atoms with Gasteiger partial charge in [-0.05, 0) is 35.0 Å². The molecular formula is C21H16N2O3S2. The maximum absolute atomic E-state index is 12.8. The van der Waals surface area contributed by atoms with Gasteiger partial charge in [0.25, 0.3) is 15.9 Å². The summed E-state index contributed by atoms with van der Waals surface area (Å²) in [4.78, 5) is 13.3. The highest BCUT2D eigenvalue weighted by atomic mass is 32.2. The van der Waals surface area contributed by atoms with Gasteiger partial charge in [0.05, 0.1) is 10.6 Å². The molecule has 0 atom stereocenters. The van der Waals surface area contributed by atoms with E-state index in [0.29, 0.717) is 10.6 Å². The second-order valence-corrected chi connectivity index (χ2v) is 8.66. The number of carbonyl (C=O) groups excluding carboxylic acids is 1. The monoisotopic (exact) mass is 408 g/mol. The van der Waals surface area contributed by atoms with Crippen molar-refractivity contribution in [1.29, 1.82) is 0 Å². The van der Waals surface area contributed by atoms with Crippen LogP contribution in [0.4, 0.5) is 11.4 Å². The van der Waals surface area contributed by atoms with Crippen molar-refractivity contribution < 1.29 is 13.2 Å². The zero-order valence-electron chi connectivity index (χ0n) is 14.6. The van der Waals surface area contributed by atoms with Crippen LogP contribution >= 0.6 is 11.3 Å². The fraction of sp³-hybridized carbons (Fsp3) is 0. The molecule has 1 heterocycles. The minimum Gasteiger partial charge on any atom is -0.321 e.